The highest BCUT2D eigenvalue weighted by Gasteiger charge is 2.02. The minimum absolute atomic E-state index is 0. The second kappa shape index (κ2) is 11.0. The van der Waals surface area contributed by atoms with E-state index < -0.39 is 0 Å². The lowest BCUT2D eigenvalue weighted by Crippen LogP contribution is -2.39. The number of para-hydroxylation sites is 1. The van der Waals surface area contributed by atoms with E-state index in [-0.39, 0.29) is 24.0 Å². The zero-order valence-electron chi connectivity index (χ0n) is 14.8. The van der Waals surface area contributed by atoms with Crippen LogP contribution in [0.25, 0.3) is 5.69 Å². The van der Waals surface area contributed by atoms with Crippen LogP contribution in [-0.2, 0) is 12.8 Å². The Morgan fingerprint density at radius 2 is 1.85 bits per heavy atom. The molecule has 0 radical (unpaired) electrons. The van der Waals surface area contributed by atoms with Gasteiger partial charge < -0.3 is 10.6 Å². The van der Waals surface area contributed by atoms with Gasteiger partial charge in [-0.05, 0) is 42.0 Å². The van der Waals surface area contributed by atoms with E-state index in [9.17, 15) is 0 Å². The minimum atomic E-state index is 0. The fourth-order valence-electron chi connectivity index (χ4n) is 2.52. The second-order valence-electron chi connectivity index (χ2n) is 5.63. The second-order valence-corrected chi connectivity index (χ2v) is 6.67. The molecule has 0 bridgehead atoms. The first-order valence-corrected chi connectivity index (χ1v) is 9.29. The Labute approximate surface area is 175 Å². The molecular formula is C19H24IN5S. The van der Waals surface area contributed by atoms with Crippen molar-refractivity contribution in [1.82, 2.24) is 20.4 Å². The van der Waals surface area contributed by atoms with Gasteiger partial charge in [0.1, 0.15) is 0 Å². The molecule has 1 aromatic carbocycles. The summed E-state index contributed by atoms with van der Waals surface area (Å²) in [6, 6.07) is 14.4. The number of rotatable bonds is 7. The van der Waals surface area contributed by atoms with Crippen molar-refractivity contribution in [1.29, 1.82) is 0 Å². The van der Waals surface area contributed by atoms with Crippen molar-refractivity contribution in [2.24, 2.45) is 4.99 Å². The molecule has 3 aromatic rings. The van der Waals surface area contributed by atoms with Crippen LogP contribution < -0.4 is 10.6 Å². The molecule has 0 atom stereocenters. The Balaban J connectivity index is 0.00000243. The van der Waals surface area contributed by atoms with Gasteiger partial charge in [-0.1, -0.05) is 24.3 Å². The van der Waals surface area contributed by atoms with E-state index in [1.165, 1.54) is 10.4 Å². The minimum Gasteiger partial charge on any atom is -0.356 e. The largest absolute Gasteiger partial charge is 0.356 e. The molecule has 0 amide bonds. The lowest BCUT2D eigenvalue weighted by Gasteiger charge is -2.10. The standard InChI is InChI=1S/C19H23N5S.HI/c1-20-19(22-12-10-18-8-5-13-25-18)21-11-9-16-14-23-24(15-16)17-6-3-2-4-7-17;/h2-8,13-15H,9-12H2,1H3,(H2,20,21,22);1H. The number of guanidine groups is 1. The lowest BCUT2D eigenvalue weighted by atomic mass is 10.2. The van der Waals surface area contributed by atoms with E-state index >= 15 is 0 Å². The number of nitrogens with zero attached hydrogens (tertiary/aromatic N) is 3. The fraction of sp³-hybridized carbons (Fsp3) is 0.263. The number of aromatic nitrogens is 2. The molecule has 0 saturated carbocycles. The van der Waals surface area contributed by atoms with Crippen LogP contribution in [0.5, 0.6) is 0 Å². The molecule has 7 heteroatoms. The first-order valence-electron chi connectivity index (χ1n) is 8.41. The molecule has 0 unspecified atom stereocenters. The van der Waals surface area contributed by atoms with Gasteiger partial charge in [0.25, 0.3) is 0 Å². The molecule has 2 aromatic heterocycles. The maximum absolute atomic E-state index is 4.43. The summed E-state index contributed by atoms with van der Waals surface area (Å²) in [4.78, 5) is 5.65. The molecule has 2 N–H and O–H groups in total. The highest BCUT2D eigenvalue weighted by Crippen LogP contribution is 2.08. The fourth-order valence-corrected chi connectivity index (χ4v) is 3.22. The van der Waals surface area contributed by atoms with Crippen LogP contribution in [-0.4, -0.2) is 35.9 Å². The number of aliphatic imine (C=N–C) groups is 1. The van der Waals surface area contributed by atoms with Crippen LogP contribution in [0.1, 0.15) is 10.4 Å². The normalized spacial score (nSPS) is 11.0. The van der Waals surface area contributed by atoms with Gasteiger partial charge in [-0.25, -0.2) is 4.68 Å². The Morgan fingerprint density at radius 3 is 2.54 bits per heavy atom. The average Bonchev–Trinajstić information content (AvgIpc) is 3.33. The van der Waals surface area contributed by atoms with Crippen molar-refractivity contribution in [2.75, 3.05) is 20.1 Å². The third-order valence-corrected chi connectivity index (χ3v) is 4.77. The Hall–Kier alpha value is -1.87. The lowest BCUT2D eigenvalue weighted by molar-refractivity contribution is 0.787. The number of hydrogen-bond donors (Lipinski definition) is 2. The van der Waals surface area contributed by atoms with Gasteiger partial charge >= 0.3 is 0 Å². The van der Waals surface area contributed by atoms with Gasteiger partial charge in [-0.2, -0.15) is 5.10 Å². The van der Waals surface area contributed by atoms with Gasteiger partial charge in [0.15, 0.2) is 5.96 Å². The van der Waals surface area contributed by atoms with Gasteiger partial charge in [0, 0.05) is 31.2 Å². The van der Waals surface area contributed by atoms with E-state index in [0.29, 0.717) is 0 Å². The summed E-state index contributed by atoms with van der Waals surface area (Å²) in [6.45, 7) is 1.70. The van der Waals surface area contributed by atoms with E-state index in [4.69, 9.17) is 0 Å². The summed E-state index contributed by atoms with van der Waals surface area (Å²) in [5.41, 5.74) is 2.28. The maximum Gasteiger partial charge on any atom is 0.190 e. The van der Waals surface area contributed by atoms with Crippen molar-refractivity contribution in [2.45, 2.75) is 12.8 Å². The molecule has 3 rings (SSSR count). The molecule has 0 fully saturated rings. The number of thiophene rings is 1. The first-order chi connectivity index (χ1) is 12.3. The average molecular weight is 481 g/mol. The number of hydrogen-bond acceptors (Lipinski definition) is 3. The third-order valence-electron chi connectivity index (χ3n) is 3.83. The monoisotopic (exact) mass is 481 g/mol. The van der Waals surface area contributed by atoms with Gasteiger partial charge in [0.2, 0.25) is 0 Å². The maximum atomic E-state index is 4.43. The quantitative estimate of drug-likeness (QED) is 0.309. The summed E-state index contributed by atoms with van der Waals surface area (Å²) in [6.07, 6.45) is 5.91. The number of benzene rings is 1. The summed E-state index contributed by atoms with van der Waals surface area (Å²) in [5, 5.41) is 13.2. The zero-order chi connectivity index (χ0) is 17.3. The predicted molar refractivity (Wildman–Crippen MR) is 120 cm³/mol. The molecular weight excluding hydrogens is 457 g/mol. The topological polar surface area (TPSA) is 54.2 Å². The van der Waals surface area contributed by atoms with E-state index in [0.717, 1.165) is 37.6 Å². The van der Waals surface area contributed by atoms with Crippen molar-refractivity contribution in [3.63, 3.8) is 0 Å². The molecule has 26 heavy (non-hydrogen) atoms. The molecule has 0 aliphatic heterocycles. The Bertz CT molecular complexity index is 783. The molecule has 5 nitrogen and oxygen atoms in total. The summed E-state index contributed by atoms with van der Waals surface area (Å²) in [7, 11) is 1.80. The van der Waals surface area contributed by atoms with Gasteiger partial charge in [-0.15, -0.1) is 35.3 Å². The molecule has 0 spiro atoms. The van der Waals surface area contributed by atoms with Crippen LogP contribution in [0.2, 0.25) is 0 Å². The Kier molecular flexibility index (Phi) is 8.63. The van der Waals surface area contributed by atoms with E-state index in [2.05, 4.69) is 44.4 Å². The molecule has 138 valence electrons. The van der Waals surface area contributed by atoms with Crippen LogP contribution in [0.3, 0.4) is 0 Å². The first kappa shape index (κ1) is 20.4. The van der Waals surface area contributed by atoms with Gasteiger partial charge in [0.05, 0.1) is 11.9 Å². The van der Waals surface area contributed by atoms with Crippen molar-refractivity contribution in [3.05, 3.63) is 70.7 Å². The molecule has 0 aliphatic rings. The molecule has 0 aliphatic carbocycles. The van der Waals surface area contributed by atoms with E-state index in [1.54, 1.807) is 18.4 Å². The van der Waals surface area contributed by atoms with Crippen LogP contribution in [0.4, 0.5) is 0 Å². The van der Waals surface area contributed by atoms with Crippen molar-refractivity contribution >= 4 is 41.3 Å². The zero-order valence-corrected chi connectivity index (χ0v) is 17.9. The highest BCUT2D eigenvalue weighted by atomic mass is 127. The van der Waals surface area contributed by atoms with Crippen LogP contribution in [0.15, 0.2) is 65.2 Å². The SMILES string of the molecule is CN=C(NCCc1cnn(-c2ccccc2)c1)NCCc1cccs1.I. The van der Waals surface area contributed by atoms with Crippen LogP contribution >= 0.6 is 35.3 Å². The smallest absolute Gasteiger partial charge is 0.190 e. The predicted octanol–water partition coefficient (Wildman–Crippen LogP) is 3.50. The Morgan fingerprint density at radius 1 is 1.08 bits per heavy atom. The van der Waals surface area contributed by atoms with Crippen molar-refractivity contribution < 1.29 is 0 Å². The van der Waals surface area contributed by atoms with Crippen molar-refractivity contribution in [3.8, 4) is 5.69 Å². The molecule has 2 heterocycles. The highest BCUT2D eigenvalue weighted by molar-refractivity contribution is 14.0. The summed E-state index contributed by atoms with van der Waals surface area (Å²) in [5.74, 6) is 0.840. The number of nitrogens with one attached hydrogen (secondary N) is 2. The van der Waals surface area contributed by atoms with Crippen LogP contribution in [0, 0.1) is 0 Å². The third kappa shape index (κ3) is 6.14. The summed E-state index contributed by atoms with van der Waals surface area (Å²) >= 11 is 1.79. The van der Waals surface area contributed by atoms with Gasteiger partial charge in [-0.3, -0.25) is 4.99 Å². The molecule has 0 saturated heterocycles. The van der Waals surface area contributed by atoms with E-state index in [1.807, 2.05) is 41.2 Å². The summed E-state index contributed by atoms with van der Waals surface area (Å²) < 4.78 is 1.91. The number of halogens is 1.